The van der Waals surface area contributed by atoms with E-state index in [0.717, 1.165) is 51.4 Å². The Hall–Kier alpha value is -1.38. The highest BCUT2D eigenvalue weighted by Crippen LogP contribution is 2.73. The molecule has 5 aliphatic rings. The first kappa shape index (κ1) is 23.4. The van der Waals surface area contributed by atoms with Crippen LogP contribution in [0.3, 0.4) is 0 Å². The number of allylic oxidation sites excluding steroid dienone is 3. The molecule has 5 aliphatic carbocycles. The van der Waals surface area contributed by atoms with Crippen molar-refractivity contribution in [2.75, 3.05) is 0 Å². The predicted molar refractivity (Wildman–Crippen MR) is 132 cm³/mol. The van der Waals surface area contributed by atoms with E-state index in [2.05, 4.69) is 60.6 Å². The van der Waals surface area contributed by atoms with Crippen LogP contribution in [0.25, 0.3) is 0 Å². The standard InChI is InChI=1S/C30H44O3/c1-25(2)14-16-30(24(32)33)17-15-28(6)19(20(30)18-25)8-9-22-27(5)12-11-23(31)26(3,4)21(27)10-13-29(22,28)7/h8-9,21-22H,10-18H2,1-7H3,(H,32,33)/t21-,22+,27-,28+,29+,30?/m0/s1. The Morgan fingerprint density at radius 3 is 2.27 bits per heavy atom. The highest BCUT2D eigenvalue weighted by atomic mass is 16.4. The molecular weight excluding hydrogens is 408 g/mol. The van der Waals surface area contributed by atoms with E-state index in [4.69, 9.17) is 0 Å². The molecule has 3 saturated carbocycles. The second kappa shape index (κ2) is 6.64. The molecule has 33 heavy (non-hydrogen) atoms. The van der Waals surface area contributed by atoms with Gasteiger partial charge in [-0.25, -0.2) is 0 Å². The van der Waals surface area contributed by atoms with Gasteiger partial charge in [-0.3, -0.25) is 9.59 Å². The zero-order valence-corrected chi connectivity index (χ0v) is 21.9. The Labute approximate surface area is 200 Å². The Morgan fingerprint density at radius 2 is 1.61 bits per heavy atom. The molecule has 0 amide bonds. The quantitative estimate of drug-likeness (QED) is 0.452. The number of hydrogen-bond donors (Lipinski definition) is 1. The van der Waals surface area contributed by atoms with E-state index in [9.17, 15) is 14.7 Å². The molecule has 0 aliphatic heterocycles. The Balaban J connectivity index is 1.68. The third-order valence-corrected chi connectivity index (χ3v) is 12.2. The molecular formula is C30H44O3. The van der Waals surface area contributed by atoms with Crippen LogP contribution < -0.4 is 0 Å². The second-order valence-corrected chi connectivity index (χ2v) is 14.4. The first-order valence-corrected chi connectivity index (χ1v) is 13.3. The van der Waals surface area contributed by atoms with Crippen molar-refractivity contribution in [3.63, 3.8) is 0 Å². The van der Waals surface area contributed by atoms with E-state index in [1.54, 1.807) is 0 Å². The van der Waals surface area contributed by atoms with Crippen LogP contribution in [0.5, 0.6) is 0 Å². The van der Waals surface area contributed by atoms with Crippen molar-refractivity contribution in [2.24, 2.45) is 44.3 Å². The van der Waals surface area contributed by atoms with Gasteiger partial charge in [0.15, 0.2) is 0 Å². The number of fused-ring (bicyclic) bond motifs is 6. The number of carbonyl (C=O) groups excluding carboxylic acids is 1. The molecule has 0 aromatic rings. The molecule has 0 aromatic carbocycles. The number of ketones is 1. The summed E-state index contributed by atoms with van der Waals surface area (Å²) in [5.74, 6) is 0.684. The van der Waals surface area contributed by atoms with E-state index in [-0.39, 0.29) is 27.1 Å². The predicted octanol–water partition coefficient (Wildman–Crippen LogP) is 7.36. The first-order valence-electron chi connectivity index (χ1n) is 13.3. The lowest BCUT2D eigenvalue weighted by molar-refractivity contribution is -0.168. The van der Waals surface area contributed by atoms with Crippen molar-refractivity contribution in [2.45, 2.75) is 106 Å². The molecule has 0 aromatic heterocycles. The third kappa shape index (κ3) is 2.74. The van der Waals surface area contributed by atoms with Gasteiger partial charge < -0.3 is 5.11 Å². The number of Topliss-reactive ketones (excluding diaryl/α,β-unsaturated/α-hetero) is 1. The summed E-state index contributed by atoms with van der Waals surface area (Å²) < 4.78 is 0. The fourth-order valence-electron chi connectivity index (χ4n) is 9.75. The maximum Gasteiger partial charge on any atom is 0.313 e. The van der Waals surface area contributed by atoms with Gasteiger partial charge in [0, 0.05) is 11.8 Å². The highest BCUT2D eigenvalue weighted by molar-refractivity contribution is 5.85. The summed E-state index contributed by atoms with van der Waals surface area (Å²) in [4.78, 5) is 25.6. The summed E-state index contributed by atoms with van der Waals surface area (Å²) in [6.07, 6.45) is 13.1. The second-order valence-electron chi connectivity index (χ2n) is 14.4. The molecule has 0 radical (unpaired) electrons. The van der Waals surface area contributed by atoms with Crippen LogP contribution in [0.15, 0.2) is 23.3 Å². The molecule has 0 bridgehead atoms. The van der Waals surface area contributed by atoms with Crippen molar-refractivity contribution < 1.29 is 14.7 Å². The van der Waals surface area contributed by atoms with E-state index in [1.165, 1.54) is 11.1 Å². The van der Waals surface area contributed by atoms with Gasteiger partial charge in [-0.15, -0.1) is 0 Å². The lowest BCUT2D eigenvalue weighted by Crippen LogP contribution is -2.62. The molecule has 182 valence electrons. The molecule has 5 rings (SSSR count). The van der Waals surface area contributed by atoms with E-state index in [0.29, 0.717) is 24.0 Å². The summed E-state index contributed by atoms with van der Waals surface area (Å²) in [7, 11) is 0. The van der Waals surface area contributed by atoms with Gasteiger partial charge in [-0.1, -0.05) is 60.6 Å². The smallest absolute Gasteiger partial charge is 0.313 e. The Bertz CT molecular complexity index is 983. The Morgan fingerprint density at radius 1 is 0.939 bits per heavy atom. The van der Waals surface area contributed by atoms with Crippen molar-refractivity contribution in [3.8, 4) is 0 Å². The molecule has 0 spiro atoms. The average Bonchev–Trinajstić information content (AvgIpc) is 2.71. The molecule has 6 atom stereocenters. The normalized spacial score (nSPS) is 47.8. The van der Waals surface area contributed by atoms with Crippen molar-refractivity contribution in [1.29, 1.82) is 0 Å². The highest BCUT2D eigenvalue weighted by Gasteiger charge is 2.67. The van der Waals surface area contributed by atoms with Crippen LogP contribution in [-0.4, -0.2) is 16.9 Å². The van der Waals surface area contributed by atoms with Crippen LogP contribution in [-0.2, 0) is 9.59 Å². The molecule has 1 unspecified atom stereocenters. The first-order chi connectivity index (χ1) is 15.1. The Kier molecular flexibility index (Phi) is 4.70. The molecule has 3 fully saturated rings. The van der Waals surface area contributed by atoms with Crippen LogP contribution in [0.1, 0.15) is 106 Å². The number of carbonyl (C=O) groups is 2. The van der Waals surface area contributed by atoms with E-state index >= 15 is 0 Å². The van der Waals surface area contributed by atoms with Gasteiger partial charge in [0.1, 0.15) is 5.78 Å². The monoisotopic (exact) mass is 452 g/mol. The maximum absolute atomic E-state index is 12.9. The number of carboxylic acids is 1. The van der Waals surface area contributed by atoms with Crippen molar-refractivity contribution >= 4 is 11.8 Å². The van der Waals surface area contributed by atoms with Gasteiger partial charge in [0.05, 0.1) is 5.41 Å². The molecule has 3 heteroatoms. The van der Waals surface area contributed by atoms with Crippen LogP contribution >= 0.6 is 0 Å². The van der Waals surface area contributed by atoms with E-state index in [1.807, 2.05) is 0 Å². The maximum atomic E-state index is 12.9. The minimum absolute atomic E-state index is 0.00625. The summed E-state index contributed by atoms with van der Waals surface area (Å²) in [6, 6.07) is 0. The number of rotatable bonds is 1. The van der Waals surface area contributed by atoms with Crippen molar-refractivity contribution in [1.82, 2.24) is 0 Å². The lowest BCUT2D eigenvalue weighted by Gasteiger charge is -2.68. The van der Waals surface area contributed by atoms with Gasteiger partial charge in [0.2, 0.25) is 0 Å². The van der Waals surface area contributed by atoms with Crippen LogP contribution in [0.4, 0.5) is 0 Å². The number of carboxylic acid groups (broad SMARTS) is 1. The molecule has 0 saturated heterocycles. The lowest BCUT2D eigenvalue weighted by atomic mass is 9.35. The van der Waals surface area contributed by atoms with Gasteiger partial charge >= 0.3 is 5.97 Å². The summed E-state index contributed by atoms with van der Waals surface area (Å²) in [6.45, 7) is 16.4. The summed E-state index contributed by atoms with van der Waals surface area (Å²) in [5, 5.41) is 10.5. The summed E-state index contributed by atoms with van der Waals surface area (Å²) >= 11 is 0. The van der Waals surface area contributed by atoms with Gasteiger partial charge in [-0.2, -0.15) is 0 Å². The zero-order chi connectivity index (χ0) is 24.2. The third-order valence-electron chi connectivity index (χ3n) is 12.2. The summed E-state index contributed by atoms with van der Waals surface area (Å²) in [5.41, 5.74) is 2.04. The molecule has 1 N–H and O–H groups in total. The van der Waals surface area contributed by atoms with Crippen LogP contribution in [0.2, 0.25) is 0 Å². The number of hydrogen-bond acceptors (Lipinski definition) is 2. The zero-order valence-electron chi connectivity index (χ0n) is 21.9. The molecule has 3 nitrogen and oxygen atoms in total. The molecule has 0 heterocycles. The fraction of sp³-hybridized carbons (Fsp3) is 0.800. The average molecular weight is 453 g/mol. The minimum atomic E-state index is -0.668. The van der Waals surface area contributed by atoms with E-state index < -0.39 is 11.4 Å². The van der Waals surface area contributed by atoms with Crippen molar-refractivity contribution in [3.05, 3.63) is 23.3 Å². The van der Waals surface area contributed by atoms with Gasteiger partial charge in [-0.05, 0) is 96.0 Å². The SMILES string of the molecule is CC1(C)CCC2(C(=O)O)CC[C@]3(C)C(=C2C1)C=C[C@@H]1[C@@]2(C)CCC(=O)C(C)(C)[C@@H]2CC[C@]13C. The van der Waals surface area contributed by atoms with Gasteiger partial charge in [0.25, 0.3) is 0 Å². The fourth-order valence-corrected chi connectivity index (χ4v) is 9.75. The minimum Gasteiger partial charge on any atom is -0.481 e. The van der Waals surface area contributed by atoms with Crippen LogP contribution in [0, 0.1) is 44.3 Å². The topological polar surface area (TPSA) is 54.4 Å². The number of aliphatic carboxylic acids is 1. The largest absolute Gasteiger partial charge is 0.481 e.